The molecule has 0 spiro atoms. The molecule has 2 fully saturated rings. The number of aromatic nitrogens is 3. The summed E-state index contributed by atoms with van der Waals surface area (Å²) in [6, 6.07) is 8.59. The van der Waals surface area contributed by atoms with E-state index in [4.69, 9.17) is 25.8 Å². The van der Waals surface area contributed by atoms with Crippen LogP contribution in [0.2, 0.25) is 5.02 Å². The number of halogens is 1. The van der Waals surface area contributed by atoms with Gasteiger partial charge in [0.05, 0.1) is 31.1 Å². The zero-order chi connectivity index (χ0) is 38.7. The Morgan fingerprint density at radius 3 is 2.46 bits per heavy atom. The summed E-state index contributed by atoms with van der Waals surface area (Å²) in [6.07, 6.45) is 20.3. The lowest BCUT2D eigenvalue weighted by Gasteiger charge is -2.42. The van der Waals surface area contributed by atoms with Gasteiger partial charge < -0.3 is 24.0 Å². The molecular formula is C41H60ClN8O3P. The minimum Gasteiger partial charge on any atom is -0.491 e. The number of allylic oxidation sites excluding steroid dienone is 2. The first kappa shape index (κ1) is 41.7. The standard InChI is InChI=1S/C38H49ClN8O3.C2H6.CH5P/c1-5-28(3)47-29(4)45(27-42-47)32-13-11-31(12-14-32)43-19-21-44(22-20-43)37-16-15-33(23-30(37)6-2)48-24-34-25-49-38(50-34,26-46-40-17-18-41-46)35-9-7-8-10-36(35)39;2*1-2/h7-13,15,17-18,23,27-28,32,34,37H,4-6,14,16,19-22,24-26H2,1-3H3;1-2H3;2H2,1H3. The van der Waals surface area contributed by atoms with Crippen LogP contribution in [0.15, 0.2) is 102 Å². The number of piperazine rings is 1. The SMILES string of the molecule is C=C1N(C2C=CC(N3CCN(C4CC=C(OCC5COC(Cn6nccn6)(c6ccccc6Cl)O5)C=C4CC)CC3)=CC2)C=NN1C(C)CC.CC.CP. The van der Waals surface area contributed by atoms with E-state index < -0.39 is 5.79 Å². The van der Waals surface area contributed by atoms with Crippen LogP contribution in [-0.2, 0) is 26.5 Å². The molecule has 7 rings (SSSR count). The summed E-state index contributed by atoms with van der Waals surface area (Å²) in [4.78, 5) is 8.93. The quantitative estimate of drug-likeness (QED) is 0.205. The maximum Gasteiger partial charge on any atom is 0.219 e. The maximum atomic E-state index is 6.61. The molecule has 1 aromatic carbocycles. The van der Waals surface area contributed by atoms with E-state index in [0.717, 1.165) is 69.0 Å². The van der Waals surface area contributed by atoms with E-state index in [1.165, 1.54) is 11.3 Å². The molecule has 54 heavy (non-hydrogen) atoms. The highest BCUT2D eigenvalue weighted by atomic mass is 35.5. The van der Waals surface area contributed by atoms with Gasteiger partial charge in [0.1, 0.15) is 37.2 Å². The number of hydrazone groups is 1. The zero-order valence-electron chi connectivity index (χ0n) is 33.0. The molecule has 6 atom stereocenters. The average molecular weight is 779 g/mol. The highest BCUT2D eigenvalue weighted by Gasteiger charge is 2.46. The van der Waals surface area contributed by atoms with E-state index in [1.54, 1.807) is 17.2 Å². The van der Waals surface area contributed by atoms with Crippen LogP contribution in [0.1, 0.15) is 65.9 Å². The van der Waals surface area contributed by atoms with Crippen molar-refractivity contribution in [2.75, 3.05) is 46.1 Å². The van der Waals surface area contributed by atoms with Gasteiger partial charge in [0.2, 0.25) is 5.79 Å². The van der Waals surface area contributed by atoms with E-state index in [0.29, 0.717) is 30.3 Å². The number of nitrogens with zero attached hydrogens (tertiary/aromatic N) is 8. The molecule has 3 aliphatic heterocycles. The van der Waals surface area contributed by atoms with Gasteiger partial charge in [-0.15, -0.1) is 9.24 Å². The summed E-state index contributed by atoms with van der Waals surface area (Å²) < 4.78 is 19.2. The van der Waals surface area contributed by atoms with Crippen molar-refractivity contribution in [3.63, 3.8) is 0 Å². The third-order valence-corrected chi connectivity index (χ3v) is 10.8. The predicted molar refractivity (Wildman–Crippen MR) is 222 cm³/mol. The molecule has 2 aromatic rings. The summed E-state index contributed by atoms with van der Waals surface area (Å²) >= 11 is 6.61. The molecular weight excluding hydrogens is 719 g/mol. The minimum atomic E-state index is -1.10. The van der Waals surface area contributed by atoms with Gasteiger partial charge in [0.15, 0.2) is 0 Å². The fourth-order valence-corrected chi connectivity index (χ4v) is 7.76. The summed E-state index contributed by atoms with van der Waals surface area (Å²) in [5.74, 6) is 0.765. The van der Waals surface area contributed by atoms with Crippen molar-refractivity contribution >= 4 is 27.2 Å². The summed E-state index contributed by atoms with van der Waals surface area (Å²) in [5, 5.41) is 15.8. The zero-order valence-corrected chi connectivity index (χ0v) is 34.9. The third kappa shape index (κ3) is 9.48. The molecule has 13 heteroatoms. The monoisotopic (exact) mass is 778 g/mol. The van der Waals surface area contributed by atoms with E-state index in [2.05, 4.69) is 97.0 Å². The fourth-order valence-electron chi connectivity index (χ4n) is 7.48. The molecule has 4 heterocycles. The molecule has 2 aliphatic carbocycles. The van der Waals surface area contributed by atoms with Gasteiger partial charge in [-0.2, -0.15) is 20.1 Å². The Bertz CT molecular complexity index is 1670. The molecule has 0 N–H and O–H groups in total. The van der Waals surface area contributed by atoms with Crippen molar-refractivity contribution in [2.24, 2.45) is 5.10 Å². The molecule has 0 radical (unpaired) electrons. The molecule has 0 saturated carbocycles. The van der Waals surface area contributed by atoms with Crippen molar-refractivity contribution in [3.8, 4) is 0 Å². The van der Waals surface area contributed by atoms with Crippen molar-refractivity contribution < 1.29 is 14.2 Å². The smallest absolute Gasteiger partial charge is 0.219 e. The van der Waals surface area contributed by atoms with Gasteiger partial charge in [0.25, 0.3) is 0 Å². The van der Waals surface area contributed by atoms with Gasteiger partial charge in [-0.3, -0.25) is 4.90 Å². The summed E-state index contributed by atoms with van der Waals surface area (Å²) in [5.41, 5.74) is 3.49. The van der Waals surface area contributed by atoms with Gasteiger partial charge in [-0.25, -0.2) is 5.01 Å². The second-order valence-electron chi connectivity index (χ2n) is 13.6. The number of ether oxygens (including phenoxy) is 3. The first-order chi connectivity index (χ1) is 26.4. The molecule has 2 saturated heterocycles. The highest BCUT2D eigenvalue weighted by molar-refractivity contribution is 7.15. The fraction of sp³-hybridized carbons (Fsp3) is 0.537. The molecule has 0 amide bonds. The van der Waals surface area contributed by atoms with Gasteiger partial charge in [-0.05, 0) is 62.5 Å². The van der Waals surface area contributed by atoms with Crippen LogP contribution >= 0.6 is 20.8 Å². The third-order valence-electron chi connectivity index (χ3n) is 10.5. The van der Waals surface area contributed by atoms with Crippen LogP contribution in [0.5, 0.6) is 0 Å². The van der Waals surface area contributed by atoms with E-state index in [9.17, 15) is 0 Å². The molecule has 0 bridgehead atoms. The normalized spacial score (nSPS) is 26.0. The molecule has 6 unspecified atom stereocenters. The van der Waals surface area contributed by atoms with Crippen LogP contribution in [0, 0.1) is 0 Å². The van der Waals surface area contributed by atoms with E-state index >= 15 is 0 Å². The molecule has 5 aliphatic rings. The Labute approximate surface area is 330 Å². The van der Waals surface area contributed by atoms with Crippen molar-refractivity contribution in [1.82, 2.24) is 34.7 Å². The summed E-state index contributed by atoms with van der Waals surface area (Å²) in [6.45, 7) is 22.0. The van der Waals surface area contributed by atoms with Crippen LogP contribution in [0.3, 0.4) is 0 Å². The van der Waals surface area contributed by atoms with Crippen LogP contribution in [0.4, 0.5) is 0 Å². The first-order valence-corrected chi connectivity index (χ1v) is 21.1. The van der Waals surface area contributed by atoms with Crippen LogP contribution < -0.4 is 0 Å². The Morgan fingerprint density at radius 2 is 1.80 bits per heavy atom. The van der Waals surface area contributed by atoms with Crippen molar-refractivity contribution in [2.45, 2.75) is 96.9 Å². The molecule has 294 valence electrons. The second kappa shape index (κ2) is 19.9. The summed E-state index contributed by atoms with van der Waals surface area (Å²) in [7, 11) is 2.42. The number of rotatable bonds is 12. The lowest BCUT2D eigenvalue weighted by atomic mass is 9.93. The molecule has 11 nitrogen and oxygen atoms in total. The number of hydrogen-bond donors (Lipinski definition) is 0. The number of hydrogen-bond acceptors (Lipinski definition) is 10. The Kier molecular flexibility index (Phi) is 15.4. The Balaban J connectivity index is 0.00000136. The second-order valence-corrected chi connectivity index (χ2v) is 14.0. The van der Waals surface area contributed by atoms with Gasteiger partial charge in [-0.1, -0.05) is 82.9 Å². The van der Waals surface area contributed by atoms with Crippen molar-refractivity contribution in [1.29, 1.82) is 0 Å². The number of benzene rings is 1. The van der Waals surface area contributed by atoms with E-state index in [-0.39, 0.29) is 18.7 Å². The Morgan fingerprint density at radius 1 is 1.06 bits per heavy atom. The maximum absolute atomic E-state index is 6.61. The topological polar surface area (TPSA) is 83.7 Å². The minimum absolute atomic E-state index is 0.255. The van der Waals surface area contributed by atoms with Gasteiger partial charge >= 0.3 is 0 Å². The largest absolute Gasteiger partial charge is 0.491 e. The van der Waals surface area contributed by atoms with Crippen molar-refractivity contribution in [3.05, 3.63) is 107 Å². The highest BCUT2D eigenvalue weighted by Crippen LogP contribution is 2.40. The molecule has 1 aromatic heterocycles. The Hall–Kier alpha value is -3.47. The predicted octanol–water partition coefficient (Wildman–Crippen LogP) is 7.39. The average Bonchev–Trinajstić information content (AvgIpc) is 3.99. The van der Waals surface area contributed by atoms with E-state index in [1.807, 2.05) is 56.1 Å². The van der Waals surface area contributed by atoms with Crippen LogP contribution in [-0.4, -0.2) is 111 Å². The lowest BCUT2D eigenvalue weighted by molar-refractivity contribution is -0.193. The van der Waals surface area contributed by atoms with Gasteiger partial charge in [0, 0.05) is 48.5 Å². The lowest BCUT2D eigenvalue weighted by Crippen LogP contribution is -2.50. The first-order valence-electron chi connectivity index (χ1n) is 19.6. The van der Waals surface area contributed by atoms with Crippen LogP contribution in [0.25, 0.3) is 0 Å².